The van der Waals surface area contributed by atoms with Crippen LogP contribution in [0.2, 0.25) is 0 Å². The fraction of sp³-hybridized carbons (Fsp3) is 0.250. The molecule has 0 unspecified atom stereocenters. The number of aryl methyl sites for hydroxylation is 1. The van der Waals surface area contributed by atoms with Gasteiger partial charge in [-0.1, -0.05) is 0 Å². The molecule has 3 nitrogen and oxygen atoms in total. The van der Waals surface area contributed by atoms with Crippen molar-refractivity contribution in [1.29, 1.82) is 0 Å². The molecule has 0 saturated carbocycles. The zero-order valence-electron chi connectivity index (χ0n) is 11.8. The molecule has 2 aromatic rings. The standard InChI is InChI=1S/C16H17NO2SSe/c1-20(18,19)17-11-5-6-13-12-15(9-10-16(13)17)21-14-7-3-2-4-8-14/h2-4,7-10,12H,5-6,11H2,1H3. The Morgan fingerprint density at radius 1 is 1.05 bits per heavy atom. The fourth-order valence-corrected chi connectivity index (χ4v) is 5.46. The van der Waals surface area contributed by atoms with Crippen LogP contribution in [0.4, 0.5) is 5.69 Å². The van der Waals surface area contributed by atoms with Crippen LogP contribution in [-0.2, 0) is 16.4 Å². The van der Waals surface area contributed by atoms with Crippen molar-refractivity contribution in [3.8, 4) is 0 Å². The van der Waals surface area contributed by atoms with Crippen LogP contribution < -0.4 is 13.2 Å². The van der Waals surface area contributed by atoms with E-state index < -0.39 is 10.0 Å². The number of nitrogens with zero attached hydrogens (tertiary/aromatic N) is 1. The molecule has 0 fully saturated rings. The first-order valence-electron chi connectivity index (χ1n) is 6.87. The molecule has 3 rings (SSSR count). The van der Waals surface area contributed by atoms with Crippen molar-refractivity contribution in [1.82, 2.24) is 0 Å². The SMILES string of the molecule is CS(=O)(=O)N1CCCc2cc([Se]c3ccccc3)ccc21. The molecular formula is C16H17NO2SSe. The third kappa shape index (κ3) is 3.31. The van der Waals surface area contributed by atoms with Crippen LogP contribution in [-0.4, -0.2) is 36.2 Å². The molecule has 0 N–H and O–H groups in total. The summed E-state index contributed by atoms with van der Waals surface area (Å²) in [5, 5.41) is 0. The molecule has 1 aliphatic rings. The van der Waals surface area contributed by atoms with E-state index in [-0.39, 0.29) is 15.0 Å². The Morgan fingerprint density at radius 3 is 2.52 bits per heavy atom. The molecule has 21 heavy (non-hydrogen) atoms. The zero-order chi connectivity index (χ0) is 14.9. The van der Waals surface area contributed by atoms with Gasteiger partial charge in [-0.2, -0.15) is 0 Å². The molecule has 0 atom stereocenters. The molecule has 110 valence electrons. The van der Waals surface area contributed by atoms with Gasteiger partial charge in [-0.05, 0) is 0 Å². The van der Waals surface area contributed by atoms with E-state index in [1.54, 1.807) is 0 Å². The van der Waals surface area contributed by atoms with Crippen molar-refractivity contribution in [2.24, 2.45) is 0 Å². The Labute approximate surface area is 132 Å². The van der Waals surface area contributed by atoms with Gasteiger partial charge in [-0.15, -0.1) is 0 Å². The summed E-state index contributed by atoms with van der Waals surface area (Å²) in [5.41, 5.74) is 2.01. The van der Waals surface area contributed by atoms with Gasteiger partial charge in [0.1, 0.15) is 0 Å². The summed E-state index contributed by atoms with van der Waals surface area (Å²) in [6.07, 6.45) is 3.13. The Hall–Kier alpha value is -1.29. The minimum atomic E-state index is -3.17. The number of benzene rings is 2. The van der Waals surface area contributed by atoms with E-state index in [1.807, 2.05) is 12.1 Å². The van der Waals surface area contributed by atoms with E-state index in [9.17, 15) is 8.42 Å². The van der Waals surface area contributed by atoms with Crippen LogP contribution >= 0.6 is 0 Å². The van der Waals surface area contributed by atoms with Crippen LogP contribution in [0.3, 0.4) is 0 Å². The maximum atomic E-state index is 11.9. The van der Waals surface area contributed by atoms with Crippen LogP contribution in [0, 0.1) is 0 Å². The van der Waals surface area contributed by atoms with Crippen LogP contribution in [0.5, 0.6) is 0 Å². The van der Waals surface area contributed by atoms with Gasteiger partial charge >= 0.3 is 132 Å². The number of fused-ring (bicyclic) bond motifs is 1. The summed E-state index contributed by atoms with van der Waals surface area (Å²) in [7, 11) is -3.17. The van der Waals surface area contributed by atoms with Crippen molar-refractivity contribution in [2.45, 2.75) is 12.8 Å². The molecule has 0 amide bonds. The molecule has 1 aliphatic heterocycles. The molecule has 0 bridgehead atoms. The second kappa shape index (κ2) is 5.84. The Morgan fingerprint density at radius 2 is 1.81 bits per heavy atom. The third-order valence-electron chi connectivity index (χ3n) is 3.51. The summed E-state index contributed by atoms with van der Waals surface area (Å²) in [5.74, 6) is 0. The van der Waals surface area contributed by atoms with E-state index >= 15 is 0 Å². The Balaban J connectivity index is 1.91. The van der Waals surface area contributed by atoms with Crippen LogP contribution in [0.15, 0.2) is 48.5 Å². The van der Waals surface area contributed by atoms with Gasteiger partial charge in [0, 0.05) is 0 Å². The molecular weight excluding hydrogens is 349 g/mol. The summed E-state index contributed by atoms with van der Waals surface area (Å²) >= 11 is 0.268. The monoisotopic (exact) mass is 367 g/mol. The molecule has 0 radical (unpaired) electrons. The molecule has 1 heterocycles. The van der Waals surface area contributed by atoms with E-state index in [4.69, 9.17) is 0 Å². The van der Waals surface area contributed by atoms with Gasteiger partial charge < -0.3 is 0 Å². The first-order chi connectivity index (χ1) is 10.0. The number of hydrogen-bond acceptors (Lipinski definition) is 2. The van der Waals surface area contributed by atoms with Gasteiger partial charge in [0.05, 0.1) is 0 Å². The topological polar surface area (TPSA) is 37.4 Å². The molecule has 0 aromatic heterocycles. The summed E-state index contributed by atoms with van der Waals surface area (Å²) in [6.45, 7) is 0.592. The number of hydrogen-bond donors (Lipinski definition) is 0. The predicted molar refractivity (Wildman–Crippen MR) is 88.4 cm³/mol. The van der Waals surface area contributed by atoms with Gasteiger partial charge in [0.25, 0.3) is 0 Å². The van der Waals surface area contributed by atoms with E-state index in [1.165, 1.54) is 19.5 Å². The second-order valence-electron chi connectivity index (χ2n) is 5.14. The van der Waals surface area contributed by atoms with Crippen molar-refractivity contribution >= 4 is 39.6 Å². The van der Waals surface area contributed by atoms with Crippen molar-refractivity contribution in [3.63, 3.8) is 0 Å². The summed E-state index contributed by atoms with van der Waals surface area (Å²) < 4.78 is 27.9. The molecule has 0 aliphatic carbocycles. The quantitative estimate of drug-likeness (QED) is 0.762. The van der Waals surface area contributed by atoms with Crippen LogP contribution in [0.1, 0.15) is 12.0 Å². The van der Waals surface area contributed by atoms with E-state index in [0.717, 1.165) is 24.1 Å². The van der Waals surface area contributed by atoms with Crippen LogP contribution in [0.25, 0.3) is 0 Å². The molecule has 0 saturated heterocycles. The van der Waals surface area contributed by atoms with Gasteiger partial charge in [0.2, 0.25) is 0 Å². The van der Waals surface area contributed by atoms with Crippen molar-refractivity contribution < 1.29 is 8.42 Å². The van der Waals surface area contributed by atoms with E-state index in [0.29, 0.717) is 6.54 Å². The van der Waals surface area contributed by atoms with Gasteiger partial charge in [-0.25, -0.2) is 0 Å². The Kier molecular flexibility index (Phi) is 4.07. The fourth-order valence-electron chi connectivity index (χ4n) is 2.57. The second-order valence-corrected chi connectivity index (χ2v) is 9.46. The summed E-state index contributed by atoms with van der Waals surface area (Å²) in [4.78, 5) is 0. The third-order valence-corrected chi connectivity index (χ3v) is 6.78. The predicted octanol–water partition coefficient (Wildman–Crippen LogP) is 1.05. The van der Waals surface area contributed by atoms with Crippen molar-refractivity contribution in [2.75, 3.05) is 17.1 Å². The number of anilines is 1. The minimum absolute atomic E-state index is 0.268. The first-order valence-corrected chi connectivity index (χ1v) is 10.4. The molecule has 5 heteroatoms. The zero-order valence-corrected chi connectivity index (χ0v) is 14.3. The number of rotatable bonds is 3. The maximum absolute atomic E-state index is 11.9. The number of sulfonamides is 1. The average Bonchev–Trinajstić information content (AvgIpc) is 2.46. The van der Waals surface area contributed by atoms with E-state index in [2.05, 4.69) is 36.4 Å². The summed E-state index contributed by atoms with van der Waals surface area (Å²) in [6, 6.07) is 16.6. The van der Waals surface area contributed by atoms with Crippen molar-refractivity contribution in [3.05, 3.63) is 54.1 Å². The average molecular weight is 366 g/mol. The molecule has 0 spiro atoms. The van der Waals surface area contributed by atoms with Gasteiger partial charge in [0.15, 0.2) is 0 Å². The van der Waals surface area contributed by atoms with Gasteiger partial charge in [-0.3, -0.25) is 0 Å². The normalized spacial score (nSPS) is 14.8. The first kappa shape index (κ1) is 14.6. The Bertz CT molecular complexity index is 744. The molecule has 2 aromatic carbocycles.